The van der Waals surface area contributed by atoms with E-state index in [4.69, 9.17) is 0 Å². The van der Waals surface area contributed by atoms with E-state index >= 15 is 0 Å². The van der Waals surface area contributed by atoms with E-state index < -0.39 is 0 Å². The molecule has 1 aromatic rings. The maximum atomic E-state index is 4.40. The number of imidazole rings is 1. The van der Waals surface area contributed by atoms with Gasteiger partial charge in [-0.05, 0) is 39.4 Å². The average Bonchev–Trinajstić information content (AvgIpc) is 3.03. The topological polar surface area (TPSA) is 33.1 Å². The van der Waals surface area contributed by atoms with Crippen LogP contribution in [0.3, 0.4) is 0 Å². The minimum atomic E-state index is 0.272. The Morgan fingerprint density at radius 2 is 2.44 bits per heavy atom. The average molecular weight is 248 g/mol. The number of nitrogens with one attached hydrogen (secondary N) is 1. The molecule has 2 fully saturated rings. The second-order valence-corrected chi connectivity index (χ2v) is 6.20. The van der Waals surface area contributed by atoms with Crippen molar-refractivity contribution >= 4 is 0 Å². The molecule has 100 valence electrons. The Morgan fingerprint density at radius 1 is 1.56 bits per heavy atom. The van der Waals surface area contributed by atoms with Crippen LogP contribution in [0.1, 0.15) is 31.9 Å². The van der Waals surface area contributed by atoms with Gasteiger partial charge in [-0.25, -0.2) is 4.98 Å². The van der Waals surface area contributed by atoms with E-state index in [-0.39, 0.29) is 5.41 Å². The number of aromatic nitrogens is 2. The van der Waals surface area contributed by atoms with Crippen molar-refractivity contribution in [1.29, 1.82) is 0 Å². The summed E-state index contributed by atoms with van der Waals surface area (Å²) in [5.74, 6) is 0. The van der Waals surface area contributed by atoms with E-state index in [1.54, 1.807) is 0 Å². The molecule has 18 heavy (non-hydrogen) atoms. The van der Waals surface area contributed by atoms with Gasteiger partial charge in [0.15, 0.2) is 0 Å². The lowest BCUT2D eigenvalue weighted by Crippen LogP contribution is -2.33. The van der Waals surface area contributed by atoms with Crippen LogP contribution in [-0.4, -0.2) is 47.2 Å². The summed E-state index contributed by atoms with van der Waals surface area (Å²) in [6.45, 7) is 6.91. The lowest BCUT2D eigenvalue weighted by atomic mass is 9.86. The van der Waals surface area contributed by atoms with E-state index in [9.17, 15) is 0 Å². The summed E-state index contributed by atoms with van der Waals surface area (Å²) >= 11 is 0. The molecule has 0 aromatic carbocycles. The largest absolute Gasteiger partial charge is 0.332 e. The van der Waals surface area contributed by atoms with Gasteiger partial charge in [-0.2, -0.15) is 0 Å². The quantitative estimate of drug-likeness (QED) is 0.873. The van der Waals surface area contributed by atoms with Crippen LogP contribution in [0, 0.1) is 0 Å². The summed E-state index contributed by atoms with van der Waals surface area (Å²) in [4.78, 5) is 6.88. The van der Waals surface area contributed by atoms with Crippen LogP contribution in [0.15, 0.2) is 12.5 Å². The second-order valence-electron chi connectivity index (χ2n) is 6.20. The van der Waals surface area contributed by atoms with E-state index in [0.717, 1.165) is 19.6 Å². The third-order valence-electron chi connectivity index (χ3n) is 4.78. The van der Waals surface area contributed by atoms with Gasteiger partial charge in [-0.1, -0.05) is 6.92 Å². The fourth-order valence-electron chi connectivity index (χ4n) is 3.44. The molecule has 0 amide bonds. The molecule has 2 aliphatic rings. The number of hydrogen-bond donors (Lipinski definition) is 1. The number of likely N-dealkylation sites (N-methyl/N-ethyl adjacent to an activating group) is 1. The summed E-state index contributed by atoms with van der Waals surface area (Å²) in [6, 6.07) is 0.691. The fourth-order valence-corrected chi connectivity index (χ4v) is 3.44. The van der Waals surface area contributed by atoms with Gasteiger partial charge in [-0.3, -0.25) is 0 Å². The minimum Gasteiger partial charge on any atom is -0.332 e. The van der Waals surface area contributed by atoms with E-state index in [1.165, 1.54) is 31.5 Å². The predicted molar refractivity (Wildman–Crippen MR) is 72.7 cm³/mol. The minimum absolute atomic E-state index is 0.272. The Bertz CT molecular complexity index is 406. The molecule has 2 saturated heterocycles. The SMILES string of the molecule is CN1CCCC1Cn1cncc1C1(C)CCNC1. The molecular weight excluding hydrogens is 224 g/mol. The summed E-state index contributed by atoms with van der Waals surface area (Å²) in [5, 5.41) is 3.48. The Labute approximate surface area is 109 Å². The smallest absolute Gasteiger partial charge is 0.0948 e. The highest BCUT2D eigenvalue weighted by Crippen LogP contribution is 2.30. The number of hydrogen-bond acceptors (Lipinski definition) is 3. The standard InChI is InChI=1S/C14H24N4/c1-14(5-6-15-10-14)13-8-16-11-18(13)9-12-4-3-7-17(12)2/h8,11-12,15H,3-7,9-10H2,1-2H3. The molecule has 2 unspecified atom stereocenters. The Morgan fingerprint density at radius 3 is 3.11 bits per heavy atom. The molecule has 0 spiro atoms. The van der Waals surface area contributed by atoms with Gasteiger partial charge in [0, 0.05) is 36.4 Å². The van der Waals surface area contributed by atoms with E-state index in [1.807, 2.05) is 6.33 Å². The molecule has 0 aliphatic carbocycles. The molecule has 2 atom stereocenters. The molecule has 3 heterocycles. The van der Waals surface area contributed by atoms with Crippen LogP contribution >= 0.6 is 0 Å². The fraction of sp³-hybridized carbons (Fsp3) is 0.786. The summed E-state index contributed by atoms with van der Waals surface area (Å²) < 4.78 is 2.39. The summed E-state index contributed by atoms with van der Waals surface area (Å²) in [5.41, 5.74) is 1.68. The zero-order valence-electron chi connectivity index (χ0n) is 11.5. The normalized spacial score (nSPS) is 33.3. The van der Waals surface area contributed by atoms with Gasteiger partial charge in [-0.15, -0.1) is 0 Å². The van der Waals surface area contributed by atoms with Crippen LogP contribution < -0.4 is 5.32 Å². The van der Waals surface area contributed by atoms with Crippen molar-refractivity contribution in [3.8, 4) is 0 Å². The lowest BCUT2D eigenvalue weighted by molar-refractivity contribution is 0.276. The van der Waals surface area contributed by atoms with Crippen molar-refractivity contribution in [2.45, 2.75) is 44.2 Å². The van der Waals surface area contributed by atoms with Gasteiger partial charge in [0.2, 0.25) is 0 Å². The molecule has 4 nitrogen and oxygen atoms in total. The molecule has 0 radical (unpaired) electrons. The van der Waals surface area contributed by atoms with Crippen molar-refractivity contribution in [2.75, 3.05) is 26.7 Å². The first kappa shape index (κ1) is 12.2. The number of rotatable bonds is 3. The first-order valence-corrected chi connectivity index (χ1v) is 7.11. The monoisotopic (exact) mass is 248 g/mol. The molecule has 2 aliphatic heterocycles. The van der Waals surface area contributed by atoms with Crippen molar-refractivity contribution in [1.82, 2.24) is 19.8 Å². The lowest BCUT2D eigenvalue weighted by Gasteiger charge is -2.27. The van der Waals surface area contributed by atoms with Gasteiger partial charge >= 0.3 is 0 Å². The number of likely N-dealkylation sites (tertiary alicyclic amines) is 1. The second kappa shape index (κ2) is 4.67. The van der Waals surface area contributed by atoms with E-state index in [0.29, 0.717) is 6.04 Å². The maximum absolute atomic E-state index is 4.40. The van der Waals surface area contributed by atoms with Gasteiger partial charge in [0.1, 0.15) is 0 Å². The zero-order valence-corrected chi connectivity index (χ0v) is 11.5. The summed E-state index contributed by atoms with van der Waals surface area (Å²) in [6.07, 6.45) is 7.97. The molecule has 4 heteroatoms. The molecule has 3 rings (SSSR count). The third-order valence-corrected chi connectivity index (χ3v) is 4.78. The first-order chi connectivity index (χ1) is 8.69. The van der Waals surface area contributed by atoms with Crippen molar-refractivity contribution in [2.24, 2.45) is 0 Å². The third kappa shape index (κ3) is 2.08. The van der Waals surface area contributed by atoms with E-state index in [2.05, 4.69) is 39.9 Å². The Balaban J connectivity index is 1.79. The van der Waals surface area contributed by atoms with Crippen LogP contribution in [0.2, 0.25) is 0 Å². The van der Waals surface area contributed by atoms with Crippen molar-refractivity contribution in [3.05, 3.63) is 18.2 Å². The highest BCUT2D eigenvalue weighted by molar-refractivity contribution is 5.17. The molecule has 0 bridgehead atoms. The number of nitrogens with zero attached hydrogens (tertiary/aromatic N) is 3. The molecule has 0 saturated carbocycles. The van der Waals surface area contributed by atoms with Gasteiger partial charge in [0.25, 0.3) is 0 Å². The predicted octanol–water partition coefficient (Wildman–Crippen LogP) is 1.23. The molecule has 1 aromatic heterocycles. The van der Waals surface area contributed by atoms with Gasteiger partial charge in [0.05, 0.1) is 6.33 Å². The van der Waals surface area contributed by atoms with Crippen molar-refractivity contribution < 1.29 is 0 Å². The van der Waals surface area contributed by atoms with Crippen LogP contribution in [0.5, 0.6) is 0 Å². The van der Waals surface area contributed by atoms with Crippen molar-refractivity contribution in [3.63, 3.8) is 0 Å². The molecular formula is C14H24N4. The van der Waals surface area contributed by atoms with Crippen LogP contribution in [0.25, 0.3) is 0 Å². The Kier molecular flexibility index (Phi) is 3.16. The van der Waals surface area contributed by atoms with Gasteiger partial charge < -0.3 is 14.8 Å². The zero-order chi connectivity index (χ0) is 12.6. The summed E-state index contributed by atoms with van der Waals surface area (Å²) in [7, 11) is 2.24. The Hall–Kier alpha value is -0.870. The highest BCUT2D eigenvalue weighted by Gasteiger charge is 2.34. The highest BCUT2D eigenvalue weighted by atomic mass is 15.2. The van der Waals surface area contributed by atoms with Crippen LogP contribution in [0.4, 0.5) is 0 Å². The maximum Gasteiger partial charge on any atom is 0.0948 e. The first-order valence-electron chi connectivity index (χ1n) is 7.11. The van der Waals surface area contributed by atoms with Crippen LogP contribution in [-0.2, 0) is 12.0 Å². The molecule has 1 N–H and O–H groups in total.